The lowest BCUT2D eigenvalue weighted by atomic mass is 10.0. The second-order valence-electron chi connectivity index (χ2n) is 8.54. The van der Waals surface area contributed by atoms with Crippen LogP contribution in [0.3, 0.4) is 0 Å². The van der Waals surface area contributed by atoms with Gasteiger partial charge in [-0.05, 0) is 74.6 Å². The molecule has 1 atom stereocenters. The van der Waals surface area contributed by atoms with Crippen molar-refractivity contribution in [2.24, 2.45) is 0 Å². The normalized spacial score (nSPS) is 12.2. The highest BCUT2D eigenvalue weighted by Gasteiger charge is 2.24. The number of nitrogens with zero attached hydrogens (tertiary/aromatic N) is 2. The summed E-state index contributed by atoms with van der Waals surface area (Å²) in [5.41, 5.74) is 5.02. The molecule has 3 N–H and O–H groups in total. The van der Waals surface area contributed by atoms with Crippen LogP contribution in [0.15, 0.2) is 47.3 Å². The van der Waals surface area contributed by atoms with Gasteiger partial charge in [0.05, 0.1) is 17.3 Å². The number of fused-ring (bicyclic) bond motifs is 1. The molecule has 4 aromatic rings. The molecule has 1 unspecified atom stereocenters. The maximum absolute atomic E-state index is 13.3. The number of hydrogen-bond acceptors (Lipinski definition) is 4. The van der Waals surface area contributed by atoms with Gasteiger partial charge in [0.2, 0.25) is 0 Å². The van der Waals surface area contributed by atoms with Crippen LogP contribution in [0.1, 0.15) is 50.8 Å². The number of hydrogen-bond donors (Lipinski definition) is 3. The van der Waals surface area contributed by atoms with Crippen LogP contribution in [0.5, 0.6) is 0 Å². The number of aromatic nitrogens is 3. The summed E-state index contributed by atoms with van der Waals surface area (Å²) < 4.78 is 14.8. The monoisotopic (exact) mass is 462 g/mol. The Morgan fingerprint density at radius 3 is 2.47 bits per heavy atom. The van der Waals surface area contributed by atoms with Crippen molar-refractivity contribution in [1.29, 1.82) is 0 Å². The first-order valence-corrected chi connectivity index (χ1v) is 11.1. The fraction of sp³-hybridized carbons (Fsp3) is 0.269. The molecule has 8 heteroatoms. The Morgan fingerprint density at radius 1 is 1.12 bits per heavy atom. The third kappa shape index (κ3) is 4.24. The van der Waals surface area contributed by atoms with Crippen molar-refractivity contribution in [3.8, 4) is 11.4 Å². The average Bonchev–Trinajstić information content (AvgIpc) is 3.06. The number of aliphatic hydroxyl groups is 1. The van der Waals surface area contributed by atoms with Gasteiger partial charge >= 0.3 is 0 Å². The van der Waals surface area contributed by atoms with E-state index in [0.717, 1.165) is 16.7 Å². The lowest BCUT2D eigenvalue weighted by Crippen LogP contribution is -2.30. The van der Waals surface area contributed by atoms with Crippen LogP contribution in [0, 0.1) is 33.5 Å². The van der Waals surface area contributed by atoms with E-state index in [2.05, 4.69) is 15.4 Å². The lowest BCUT2D eigenvalue weighted by Gasteiger charge is -2.18. The smallest absolute Gasteiger partial charge is 0.275 e. The van der Waals surface area contributed by atoms with Crippen molar-refractivity contribution in [1.82, 2.24) is 19.9 Å². The highest BCUT2D eigenvalue weighted by Crippen LogP contribution is 2.24. The molecule has 2 aromatic carbocycles. The maximum atomic E-state index is 13.3. The van der Waals surface area contributed by atoms with Crippen molar-refractivity contribution < 1.29 is 14.3 Å². The van der Waals surface area contributed by atoms with Gasteiger partial charge in [-0.2, -0.15) is 0 Å². The Labute approximate surface area is 196 Å². The van der Waals surface area contributed by atoms with E-state index in [-0.39, 0.29) is 24.4 Å². The Balaban J connectivity index is 1.75. The molecule has 2 heterocycles. The summed E-state index contributed by atoms with van der Waals surface area (Å²) in [7, 11) is 0. The number of carbonyl (C=O) groups is 1. The molecule has 2 aromatic heterocycles. The standard InChI is InChI=1S/C26H27FN4O3/c1-14-5-6-19(13-15(14)2)24-29-26(34)23-16(3)22(17(4)31(23)30-24)25(33)28-21(11-12-32)18-7-9-20(27)10-8-18/h5-10,13,21,32H,11-12H2,1-4H3,(H,28,33)(H,29,30,34). The van der Waals surface area contributed by atoms with Crippen LogP contribution in [-0.4, -0.2) is 32.2 Å². The van der Waals surface area contributed by atoms with Crippen LogP contribution in [-0.2, 0) is 0 Å². The Hall–Kier alpha value is -3.78. The molecule has 0 aliphatic heterocycles. The number of benzene rings is 2. The van der Waals surface area contributed by atoms with Crippen LogP contribution in [0.4, 0.5) is 4.39 Å². The van der Waals surface area contributed by atoms with Crippen LogP contribution >= 0.6 is 0 Å². The van der Waals surface area contributed by atoms with E-state index in [9.17, 15) is 19.1 Å². The SMILES string of the molecule is Cc1ccc(-c2nn3c(C)c(C(=O)NC(CCO)c4ccc(F)cc4)c(C)c3c(=O)[nH]2)cc1C. The molecule has 7 nitrogen and oxygen atoms in total. The molecular formula is C26H27FN4O3. The fourth-order valence-electron chi connectivity index (χ4n) is 4.24. The molecule has 0 aliphatic rings. The Morgan fingerprint density at radius 2 is 1.82 bits per heavy atom. The number of halogens is 1. The van der Waals surface area contributed by atoms with Gasteiger partial charge in [0, 0.05) is 12.2 Å². The molecule has 1 amide bonds. The third-order valence-electron chi connectivity index (χ3n) is 6.27. The molecule has 0 saturated heterocycles. The zero-order chi connectivity index (χ0) is 24.6. The van der Waals surface area contributed by atoms with Gasteiger partial charge in [0.15, 0.2) is 5.82 Å². The number of amides is 1. The van der Waals surface area contributed by atoms with E-state index in [4.69, 9.17) is 0 Å². The van der Waals surface area contributed by atoms with Gasteiger partial charge in [-0.3, -0.25) is 9.59 Å². The first kappa shape index (κ1) is 23.4. The molecule has 0 spiro atoms. The van der Waals surface area contributed by atoms with Gasteiger partial charge in [-0.15, -0.1) is 5.10 Å². The summed E-state index contributed by atoms with van der Waals surface area (Å²) >= 11 is 0. The second kappa shape index (κ2) is 9.23. The molecule has 4 rings (SSSR count). The second-order valence-corrected chi connectivity index (χ2v) is 8.54. The van der Waals surface area contributed by atoms with Crippen molar-refractivity contribution >= 4 is 11.4 Å². The fourth-order valence-corrected chi connectivity index (χ4v) is 4.24. The summed E-state index contributed by atoms with van der Waals surface area (Å²) in [6.07, 6.45) is 0.262. The topological polar surface area (TPSA) is 99.5 Å². The van der Waals surface area contributed by atoms with E-state index in [0.29, 0.717) is 33.7 Å². The number of aryl methyl sites for hydroxylation is 4. The number of aromatic amines is 1. The van der Waals surface area contributed by atoms with Crippen LogP contribution < -0.4 is 10.9 Å². The number of nitrogens with one attached hydrogen (secondary N) is 2. The van der Waals surface area contributed by atoms with Crippen LogP contribution in [0.2, 0.25) is 0 Å². The zero-order valence-electron chi connectivity index (χ0n) is 19.6. The summed E-state index contributed by atoms with van der Waals surface area (Å²) in [6, 6.07) is 11.1. The first-order chi connectivity index (χ1) is 16.2. The maximum Gasteiger partial charge on any atom is 0.275 e. The zero-order valence-corrected chi connectivity index (χ0v) is 19.6. The van der Waals surface area contributed by atoms with Crippen molar-refractivity contribution in [2.75, 3.05) is 6.61 Å². The van der Waals surface area contributed by atoms with Gasteiger partial charge in [0.1, 0.15) is 11.3 Å². The first-order valence-electron chi connectivity index (χ1n) is 11.1. The van der Waals surface area contributed by atoms with E-state index in [1.807, 2.05) is 32.0 Å². The highest BCUT2D eigenvalue weighted by molar-refractivity contribution is 5.99. The molecular weight excluding hydrogens is 435 g/mol. The van der Waals surface area contributed by atoms with E-state index < -0.39 is 11.9 Å². The Bertz CT molecular complexity index is 1440. The lowest BCUT2D eigenvalue weighted by molar-refractivity contribution is 0.0929. The average molecular weight is 463 g/mol. The quantitative estimate of drug-likeness (QED) is 0.404. The predicted molar refractivity (Wildman–Crippen MR) is 129 cm³/mol. The molecule has 0 fully saturated rings. The van der Waals surface area contributed by atoms with Gasteiger partial charge in [-0.1, -0.05) is 24.3 Å². The van der Waals surface area contributed by atoms with Crippen LogP contribution in [0.25, 0.3) is 16.9 Å². The largest absolute Gasteiger partial charge is 0.396 e. The van der Waals surface area contributed by atoms with Gasteiger partial charge < -0.3 is 15.4 Å². The summed E-state index contributed by atoms with van der Waals surface area (Å²) in [6.45, 7) is 7.30. The van der Waals surface area contributed by atoms with Crippen molar-refractivity contribution in [2.45, 2.75) is 40.2 Å². The molecule has 176 valence electrons. The van der Waals surface area contributed by atoms with E-state index in [1.54, 1.807) is 26.0 Å². The molecule has 0 aliphatic carbocycles. The molecule has 0 saturated carbocycles. The summed E-state index contributed by atoms with van der Waals surface area (Å²) in [5.74, 6) is -0.362. The minimum Gasteiger partial charge on any atom is -0.396 e. The third-order valence-corrected chi connectivity index (χ3v) is 6.27. The number of H-pyrrole nitrogens is 1. The van der Waals surface area contributed by atoms with E-state index >= 15 is 0 Å². The summed E-state index contributed by atoms with van der Waals surface area (Å²) in [5, 5.41) is 17.0. The van der Waals surface area contributed by atoms with Crippen molar-refractivity contribution in [3.63, 3.8) is 0 Å². The number of rotatable bonds is 6. The molecule has 0 bridgehead atoms. The van der Waals surface area contributed by atoms with E-state index in [1.165, 1.54) is 16.6 Å². The number of aliphatic hydroxyl groups excluding tert-OH is 1. The number of carbonyl (C=O) groups excluding carboxylic acids is 1. The molecule has 0 radical (unpaired) electrons. The van der Waals surface area contributed by atoms with Gasteiger partial charge in [-0.25, -0.2) is 8.91 Å². The highest BCUT2D eigenvalue weighted by atomic mass is 19.1. The minimum atomic E-state index is -0.516. The minimum absolute atomic E-state index is 0.154. The van der Waals surface area contributed by atoms with Gasteiger partial charge in [0.25, 0.3) is 11.5 Å². The van der Waals surface area contributed by atoms with Crippen molar-refractivity contribution in [3.05, 3.63) is 92.1 Å². The summed E-state index contributed by atoms with van der Waals surface area (Å²) in [4.78, 5) is 29.1. The Kier molecular flexibility index (Phi) is 6.34. The molecule has 34 heavy (non-hydrogen) atoms. The predicted octanol–water partition coefficient (Wildman–Crippen LogP) is 3.92.